The molecule has 1 heterocycles. The molecule has 0 aliphatic rings. The van der Waals surface area contributed by atoms with Gasteiger partial charge in [-0.2, -0.15) is 11.8 Å². The fourth-order valence-electron chi connectivity index (χ4n) is 1.24. The molecule has 102 valence electrons. The van der Waals surface area contributed by atoms with E-state index in [1.54, 1.807) is 11.8 Å². The monoisotopic (exact) mass is 272 g/mol. The average molecular weight is 272 g/mol. The highest BCUT2D eigenvalue weighted by molar-refractivity contribution is 7.97. The van der Waals surface area contributed by atoms with Gasteiger partial charge in [-0.15, -0.1) is 0 Å². The van der Waals surface area contributed by atoms with Crippen LogP contribution in [0.25, 0.3) is 0 Å². The predicted molar refractivity (Wildman–Crippen MR) is 72.1 cm³/mol. The zero-order chi connectivity index (χ0) is 13.6. The van der Waals surface area contributed by atoms with Crippen LogP contribution in [-0.4, -0.2) is 18.0 Å². The maximum absolute atomic E-state index is 11.3. The van der Waals surface area contributed by atoms with E-state index in [0.717, 1.165) is 17.3 Å². The minimum absolute atomic E-state index is 0.424. The molecule has 18 heavy (non-hydrogen) atoms. The number of hydrazine groups is 1. The molecule has 0 radical (unpaired) electrons. The highest BCUT2D eigenvalue weighted by Crippen LogP contribution is 2.13. The van der Waals surface area contributed by atoms with Crippen LogP contribution in [0.4, 0.5) is 4.79 Å². The topological polar surface area (TPSA) is 63.5 Å². The van der Waals surface area contributed by atoms with Crippen LogP contribution in [0.5, 0.6) is 0 Å². The molecule has 0 fully saturated rings. The molecule has 0 unspecified atom stereocenters. The van der Waals surface area contributed by atoms with Crippen LogP contribution in [0.2, 0.25) is 0 Å². The van der Waals surface area contributed by atoms with Crippen LogP contribution in [-0.2, 0) is 17.0 Å². The van der Waals surface area contributed by atoms with Gasteiger partial charge in [0.05, 0.1) is 12.3 Å². The molecule has 0 saturated heterocycles. The molecule has 1 aromatic heterocycles. The van der Waals surface area contributed by atoms with Gasteiger partial charge in [0, 0.05) is 0 Å². The van der Waals surface area contributed by atoms with E-state index in [2.05, 4.69) is 10.9 Å². The number of hydrogen-bond donors (Lipinski definition) is 2. The van der Waals surface area contributed by atoms with Crippen LogP contribution in [0.3, 0.4) is 0 Å². The Balaban J connectivity index is 2.26. The first kappa shape index (κ1) is 14.9. The quantitative estimate of drug-likeness (QED) is 0.807. The summed E-state index contributed by atoms with van der Waals surface area (Å²) in [7, 11) is 0. The predicted octanol–water partition coefficient (Wildman–Crippen LogP) is 2.67. The number of ether oxygens (including phenoxy) is 1. The summed E-state index contributed by atoms with van der Waals surface area (Å²) in [5.41, 5.74) is 4.71. The zero-order valence-corrected chi connectivity index (χ0v) is 12.0. The van der Waals surface area contributed by atoms with E-state index >= 15 is 0 Å². The number of nitrogens with one attached hydrogen (secondary N) is 2. The first-order chi connectivity index (χ1) is 8.40. The van der Waals surface area contributed by atoms with Crippen molar-refractivity contribution in [1.82, 2.24) is 10.9 Å². The summed E-state index contributed by atoms with van der Waals surface area (Å²) in [5.74, 6) is 2.55. The fourth-order valence-corrected chi connectivity index (χ4v) is 1.68. The normalized spacial score (nSPS) is 11.3. The molecule has 1 amide bonds. The van der Waals surface area contributed by atoms with Gasteiger partial charge in [-0.1, -0.05) is 0 Å². The Hall–Kier alpha value is -1.14. The van der Waals surface area contributed by atoms with Crippen molar-refractivity contribution in [3.05, 3.63) is 23.7 Å². The smallest absolute Gasteiger partial charge is 0.422 e. The molecule has 0 bridgehead atoms. The second-order valence-electron chi connectivity index (χ2n) is 4.78. The lowest BCUT2D eigenvalue weighted by Gasteiger charge is -2.19. The number of carbonyl (C=O) groups is 1. The summed E-state index contributed by atoms with van der Waals surface area (Å²) in [6.45, 7) is 5.86. The van der Waals surface area contributed by atoms with E-state index in [0.29, 0.717) is 6.54 Å². The van der Waals surface area contributed by atoms with Crippen LogP contribution < -0.4 is 10.9 Å². The molecule has 0 aliphatic heterocycles. The molecule has 0 aromatic carbocycles. The molecule has 6 heteroatoms. The largest absolute Gasteiger partial charge is 0.464 e. The van der Waals surface area contributed by atoms with Crippen molar-refractivity contribution < 1.29 is 13.9 Å². The molecule has 1 aromatic rings. The van der Waals surface area contributed by atoms with Crippen molar-refractivity contribution in [3.8, 4) is 0 Å². The van der Waals surface area contributed by atoms with Gasteiger partial charge in [0.25, 0.3) is 0 Å². The molecule has 0 saturated carbocycles. The number of thioether (sulfide) groups is 1. The second kappa shape index (κ2) is 6.70. The van der Waals surface area contributed by atoms with Gasteiger partial charge in [0.1, 0.15) is 17.1 Å². The average Bonchev–Trinajstić information content (AvgIpc) is 2.63. The van der Waals surface area contributed by atoms with Gasteiger partial charge in [0.2, 0.25) is 0 Å². The van der Waals surface area contributed by atoms with E-state index in [1.165, 1.54) is 0 Å². The Morgan fingerprint density at radius 2 is 2.06 bits per heavy atom. The third kappa shape index (κ3) is 5.97. The zero-order valence-electron chi connectivity index (χ0n) is 11.2. The standard InChI is InChI=1S/C12H20N2O3S/c1-12(2,3)17-11(15)14-13-7-9-5-6-10(16-9)8-18-4/h5-6,13H,7-8H2,1-4H3,(H,14,15). The lowest BCUT2D eigenvalue weighted by molar-refractivity contribution is 0.0495. The lowest BCUT2D eigenvalue weighted by Crippen LogP contribution is -2.40. The molecule has 5 nitrogen and oxygen atoms in total. The minimum atomic E-state index is -0.501. The summed E-state index contributed by atoms with van der Waals surface area (Å²) in [6, 6.07) is 3.82. The van der Waals surface area contributed by atoms with Gasteiger partial charge in [-0.3, -0.25) is 5.43 Å². The lowest BCUT2D eigenvalue weighted by atomic mass is 10.2. The third-order valence-electron chi connectivity index (χ3n) is 1.86. The van der Waals surface area contributed by atoms with E-state index in [4.69, 9.17) is 9.15 Å². The number of furan rings is 1. The molecular formula is C12H20N2O3S. The van der Waals surface area contributed by atoms with E-state index in [-0.39, 0.29) is 0 Å². The van der Waals surface area contributed by atoms with E-state index in [1.807, 2.05) is 39.2 Å². The van der Waals surface area contributed by atoms with Crippen LogP contribution >= 0.6 is 11.8 Å². The molecule has 1 rings (SSSR count). The Morgan fingerprint density at radius 3 is 2.67 bits per heavy atom. The molecule has 0 spiro atoms. The van der Waals surface area contributed by atoms with Crippen molar-refractivity contribution in [2.45, 2.75) is 38.7 Å². The SMILES string of the molecule is CSCc1ccc(CNNC(=O)OC(C)(C)C)o1. The number of amides is 1. The Morgan fingerprint density at radius 1 is 1.39 bits per heavy atom. The number of carbonyl (C=O) groups excluding carboxylic acids is 1. The third-order valence-corrected chi connectivity index (χ3v) is 2.43. The first-order valence-electron chi connectivity index (χ1n) is 5.69. The van der Waals surface area contributed by atoms with Gasteiger partial charge < -0.3 is 9.15 Å². The van der Waals surface area contributed by atoms with Crippen LogP contribution in [0.15, 0.2) is 16.5 Å². The first-order valence-corrected chi connectivity index (χ1v) is 7.08. The highest BCUT2D eigenvalue weighted by Gasteiger charge is 2.15. The van der Waals surface area contributed by atoms with Gasteiger partial charge in [0.15, 0.2) is 0 Å². The van der Waals surface area contributed by atoms with Crippen molar-refractivity contribution >= 4 is 17.9 Å². The van der Waals surface area contributed by atoms with Crippen molar-refractivity contribution in [1.29, 1.82) is 0 Å². The Bertz CT molecular complexity index is 385. The summed E-state index contributed by atoms with van der Waals surface area (Å²) >= 11 is 1.70. The summed E-state index contributed by atoms with van der Waals surface area (Å²) in [5, 5.41) is 0. The molecule has 2 N–H and O–H groups in total. The van der Waals surface area contributed by atoms with E-state index in [9.17, 15) is 4.79 Å². The molecule has 0 aliphatic carbocycles. The maximum atomic E-state index is 11.3. The fraction of sp³-hybridized carbons (Fsp3) is 0.583. The minimum Gasteiger partial charge on any atom is -0.464 e. The summed E-state index contributed by atoms with van der Waals surface area (Å²) in [6.07, 6.45) is 1.52. The van der Waals surface area contributed by atoms with Gasteiger partial charge in [-0.05, 0) is 39.2 Å². The second-order valence-corrected chi connectivity index (χ2v) is 5.65. The van der Waals surface area contributed by atoms with Crippen molar-refractivity contribution in [2.75, 3.05) is 6.26 Å². The molecular weight excluding hydrogens is 252 g/mol. The highest BCUT2D eigenvalue weighted by atomic mass is 32.2. The maximum Gasteiger partial charge on any atom is 0.422 e. The van der Waals surface area contributed by atoms with Crippen molar-refractivity contribution in [3.63, 3.8) is 0 Å². The van der Waals surface area contributed by atoms with Crippen molar-refractivity contribution in [2.24, 2.45) is 0 Å². The van der Waals surface area contributed by atoms with Gasteiger partial charge >= 0.3 is 6.09 Å². The van der Waals surface area contributed by atoms with Crippen LogP contribution in [0.1, 0.15) is 32.3 Å². The number of rotatable bonds is 5. The molecule has 0 atom stereocenters. The Kier molecular flexibility index (Phi) is 5.55. The van der Waals surface area contributed by atoms with Gasteiger partial charge in [-0.25, -0.2) is 10.2 Å². The number of hydrogen-bond acceptors (Lipinski definition) is 5. The van der Waals surface area contributed by atoms with Crippen LogP contribution in [0, 0.1) is 0 Å². The summed E-state index contributed by atoms with van der Waals surface area (Å²) < 4.78 is 10.6. The summed E-state index contributed by atoms with van der Waals surface area (Å²) in [4.78, 5) is 11.3. The van der Waals surface area contributed by atoms with E-state index < -0.39 is 11.7 Å². The Labute approximate surface area is 112 Å².